The van der Waals surface area contributed by atoms with E-state index in [-0.39, 0.29) is 11.9 Å². The molecule has 0 radical (unpaired) electrons. The van der Waals surface area contributed by atoms with Crippen molar-refractivity contribution in [1.29, 1.82) is 0 Å². The van der Waals surface area contributed by atoms with Gasteiger partial charge in [-0.05, 0) is 32.9 Å². The molecule has 0 aliphatic heterocycles. The number of rotatable bonds is 6. The first-order valence-electron chi connectivity index (χ1n) is 7.50. The number of hydrogen-bond donors (Lipinski definition) is 0. The summed E-state index contributed by atoms with van der Waals surface area (Å²) in [5.74, 6) is -0.478. The van der Waals surface area contributed by atoms with E-state index in [1.165, 1.54) is 11.3 Å². The molecule has 0 aliphatic carbocycles. The highest BCUT2D eigenvalue weighted by molar-refractivity contribution is 7.09. The zero-order valence-electron chi connectivity index (χ0n) is 13.5. The van der Waals surface area contributed by atoms with Crippen LogP contribution in [0, 0.1) is 0 Å². The van der Waals surface area contributed by atoms with E-state index >= 15 is 0 Å². The molecule has 0 unspecified atom stereocenters. The molecule has 6 heteroatoms. The molecule has 0 spiro atoms. The second-order valence-electron chi connectivity index (χ2n) is 5.24. The molecule has 0 atom stereocenters. The first-order valence-corrected chi connectivity index (χ1v) is 8.38. The lowest BCUT2D eigenvalue weighted by molar-refractivity contribution is 0.0520. The number of nitrogens with zero attached hydrogens (tertiary/aromatic N) is 2. The van der Waals surface area contributed by atoms with Crippen LogP contribution in [0.5, 0.6) is 0 Å². The summed E-state index contributed by atoms with van der Waals surface area (Å²) in [6.45, 7) is 6.36. The van der Waals surface area contributed by atoms with Crippen molar-refractivity contribution >= 4 is 23.2 Å². The monoisotopic (exact) mass is 332 g/mol. The number of benzene rings is 1. The summed E-state index contributed by atoms with van der Waals surface area (Å²) < 4.78 is 4.94. The molecule has 0 saturated heterocycles. The highest BCUT2D eigenvalue weighted by Crippen LogP contribution is 2.17. The number of ether oxygens (including phenoxy) is 1. The number of carbonyl (C=O) groups is 2. The molecule has 5 nitrogen and oxygen atoms in total. The zero-order valence-corrected chi connectivity index (χ0v) is 14.3. The van der Waals surface area contributed by atoms with Gasteiger partial charge in [-0.25, -0.2) is 9.78 Å². The number of esters is 1. The van der Waals surface area contributed by atoms with Gasteiger partial charge in [0.2, 0.25) is 0 Å². The molecule has 122 valence electrons. The minimum atomic E-state index is -0.430. The Morgan fingerprint density at radius 3 is 2.57 bits per heavy atom. The van der Waals surface area contributed by atoms with E-state index in [1.54, 1.807) is 29.3 Å². The minimum Gasteiger partial charge on any atom is -0.461 e. The van der Waals surface area contributed by atoms with Gasteiger partial charge in [-0.2, -0.15) is 0 Å². The standard InChI is InChI=1S/C17H20N2O3S/c1-4-22-17(21)14-11-23-15(18-14)10-19(12(2)3)16(20)13-8-6-5-7-9-13/h5-9,11-12H,4,10H2,1-3H3. The van der Waals surface area contributed by atoms with Crippen molar-refractivity contribution in [2.45, 2.75) is 33.4 Å². The third kappa shape index (κ3) is 4.39. The van der Waals surface area contributed by atoms with Crippen molar-refractivity contribution in [2.24, 2.45) is 0 Å². The van der Waals surface area contributed by atoms with Crippen LogP contribution in [0.3, 0.4) is 0 Å². The molecule has 1 aromatic carbocycles. The van der Waals surface area contributed by atoms with Gasteiger partial charge in [0.15, 0.2) is 5.69 Å². The molecule has 0 fully saturated rings. The molecule has 1 aromatic heterocycles. The Hall–Kier alpha value is -2.21. The molecule has 0 saturated carbocycles. The number of carbonyl (C=O) groups excluding carboxylic acids is 2. The predicted octanol–water partition coefficient (Wildman–Crippen LogP) is 3.37. The van der Waals surface area contributed by atoms with E-state index in [1.807, 2.05) is 32.0 Å². The van der Waals surface area contributed by atoms with Crippen LogP contribution in [-0.2, 0) is 11.3 Å². The number of aromatic nitrogens is 1. The van der Waals surface area contributed by atoms with E-state index < -0.39 is 5.97 Å². The van der Waals surface area contributed by atoms with Gasteiger partial charge in [-0.1, -0.05) is 18.2 Å². The Morgan fingerprint density at radius 1 is 1.26 bits per heavy atom. The van der Waals surface area contributed by atoms with E-state index in [9.17, 15) is 9.59 Å². The first kappa shape index (κ1) is 17.1. The van der Waals surface area contributed by atoms with Crippen molar-refractivity contribution < 1.29 is 14.3 Å². The van der Waals surface area contributed by atoms with E-state index in [4.69, 9.17) is 4.74 Å². The third-order valence-corrected chi connectivity index (χ3v) is 4.08. The summed E-state index contributed by atoms with van der Waals surface area (Å²) in [6.07, 6.45) is 0. The summed E-state index contributed by atoms with van der Waals surface area (Å²) in [7, 11) is 0. The van der Waals surface area contributed by atoms with Crippen LogP contribution in [0.4, 0.5) is 0 Å². The molecular weight excluding hydrogens is 312 g/mol. The molecule has 0 N–H and O–H groups in total. The fraction of sp³-hybridized carbons (Fsp3) is 0.353. The average Bonchev–Trinajstić information content (AvgIpc) is 3.01. The maximum absolute atomic E-state index is 12.6. The van der Waals surface area contributed by atoms with Gasteiger partial charge < -0.3 is 9.64 Å². The summed E-state index contributed by atoms with van der Waals surface area (Å²) in [4.78, 5) is 30.3. The lowest BCUT2D eigenvalue weighted by Crippen LogP contribution is -2.36. The van der Waals surface area contributed by atoms with Crippen molar-refractivity contribution in [3.05, 3.63) is 52.0 Å². The van der Waals surface area contributed by atoms with E-state index in [0.717, 1.165) is 0 Å². The van der Waals surface area contributed by atoms with Crippen LogP contribution in [-0.4, -0.2) is 34.4 Å². The number of amides is 1. The zero-order chi connectivity index (χ0) is 16.8. The Morgan fingerprint density at radius 2 is 1.96 bits per heavy atom. The molecule has 23 heavy (non-hydrogen) atoms. The Bertz CT molecular complexity index is 667. The van der Waals surface area contributed by atoms with Crippen LogP contribution in [0.2, 0.25) is 0 Å². The highest BCUT2D eigenvalue weighted by Gasteiger charge is 2.21. The van der Waals surface area contributed by atoms with Gasteiger partial charge in [-0.15, -0.1) is 11.3 Å². The van der Waals surface area contributed by atoms with Crippen molar-refractivity contribution in [3.8, 4) is 0 Å². The third-order valence-electron chi connectivity index (χ3n) is 3.25. The van der Waals surface area contributed by atoms with Gasteiger partial charge in [0.1, 0.15) is 5.01 Å². The quantitative estimate of drug-likeness (QED) is 0.761. The van der Waals surface area contributed by atoms with Gasteiger partial charge in [0, 0.05) is 17.0 Å². The number of thiazole rings is 1. The lowest BCUT2D eigenvalue weighted by Gasteiger charge is -2.25. The molecule has 2 aromatic rings. The van der Waals surface area contributed by atoms with Crippen molar-refractivity contribution in [3.63, 3.8) is 0 Å². The summed E-state index contributed by atoms with van der Waals surface area (Å²) in [5, 5.41) is 2.38. The van der Waals surface area contributed by atoms with Gasteiger partial charge in [0.05, 0.1) is 13.2 Å². The normalized spacial score (nSPS) is 10.6. The second kappa shape index (κ2) is 7.87. The van der Waals surface area contributed by atoms with Crippen molar-refractivity contribution in [2.75, 3.05) is 6.61 Å². The predicted molar refractivity (Wildman–Crippen MR) is 89.5 cm³/mol. The SMILES string of the molecule is CCOC(=O)c1csc(CN(C(=O)c2ccccc2)C(C)C)n1. The summed E-state index contributed by atoms with van der Waals surface area (Å²) in [6, 6.07) is 9.18. The molecular formula is C17H20N2O3S. The highest BCUT2D eigenvalue weighted by atomic mass is 32.1. The first-order chi connectivity index (χ1) is 11.0. The Balaban J connectivity index is 2.14. The smallest absolute Gasteiger partial charge is 0.357 e. The molecule has 1 amide bonds. The van der Waals surface area contributed by atoms with Crippen LogP contribution < -0.4 is 0 Å². The maximum atomic E-state index is 12.6. The van der Waals surface area contributed by atoms with Gasteiger partial charge in [-0.3, -0.25) is 4.79 Å². The Labute approximate surface area is 139 Å². The van der Waals surface area contributed by atoms with Crippen LogP contribution in [0.25, 0.3) is 0 Å². The lowest BCUT2D eigenvalue weighted by atomic mass is 10.1. The molecule has 1 heterocycles. The molecule has 0 aliphatic rings. The van der Waals surface area contributed by atoms with E-state index in [0.29, 0.717) is 29.4 Å². The van der Waals surface area contributed by atoms with Crippen LogP contribution >= 0.6 is 11.3 Å². The second-order valence-corrected chi connectivity index (χ2v) is 6.18. The topological polar surface area (TPSA) is 59.5 Å². The van der Waals surface area contributed by atoms with Crippen molar-refractivity contribution in [1.82, 2.24) is 9.88 Å². The maximum Gasteiger partial charge on any atom is 0.357 e. The van der Waals surface area contributed by atoms with Crippen LogP contribution in [0.15, 0.2) is 35.7 Å². The minimum absolute atomic E-state index is 0.0256. The van der Waals surface area contributed by atoms with Gasteiger partial charge >= 0.3 is 5.97 Å². The fourth-order valence-electron chi connectivity index (χ4n) is 2.06. The van der Waals surface area contributed by atoms with Crippen LogP contribution in [0.1, 0.15) is 46.6 Å². The summed E-state index contributed by atoms with van der Waals surface area (Å²) in [5.41, 5.74) is 0.936. The number of hydrogen-bond acceptors (Lipinski definition) is 5. The summed E-state index contributed by atoms with van der Waals surface area (Å²) >= 11 is 1.36. The Kier molecular flexibility index (Phi) is 5.87. The fourth-order valence-corrected chi connectivity index (χ4v) is 2.82. The molecule has 2 rings (SSSR count). The molecule has 0 bridgehead atoms. The van der Waals surface area contributed by atoms with Gasteiger partial charge in [0.25, 0.3) is 5.91 Å². The largest absolute Gasteiger partial charge is 0.461 e. The average molecular weight is 332 g/mol. The van der Waals surface area contributed by atoms with E-state index in [2.05, 4.69) is 4.98 Å².